The number of ether oxygens (including phenoxy) is 1. The fraction of sp³-hybridized carbons (Fsp3) is 0.241. The highest BCUT2D eigenvalue weighted by Crippen LogP contribution is 2.46. The van der Waals surface area contributed by atoms with Gasteiger partial charge in [0.1, 0.15) is 5.75 Å². The van der Waals surface area contributed by atoms with Crippen LogP contribution in [-0.4, -0.2) is 35.2 Å². The van der Waals surface area contributed by atoms with Crippen LogP contribution in [0.1, 0.15) is 24.5 Å². The van der Waals surface area contributed by atoms with Crippen LogP contribution in [-0.2, 0) is 21.7 Å². The Balaban J connectivity index is 1.47. The van der Waals surface area contributed by atoms with E-state index in [1.54, 1.807) is 34.9 Å². The second-order valence-electron chi connectivity index (χ2n) is 9.06. The van der Waals surface area contributed by atoms with Gasteiger partial charge in [-0.1, -0.05) is 61.5 Å². The van der Waals surface area contributed by atoms with Crippen LogP contribution in [0, 0.1) is 5.92 Å². The molecule has 2 N–H and O–H groups in total. The van der Waals surface area contributed by atoms with Crippen molar-refractivity contribution >= 4 is 28.9 Å². The van der Waals surface area contributed by atoms with E-state index >= 15 is 0 Å². The molecule has 0 saturated carbocycles. The van der Waals surface area contributed by atoms with Gasteiger partial charge in [0.2, 0.25) is 0 Å². The van der Waals surface area contributed by atoms with Crippen LogP contribution < -0.4 is 14.5 Å². The summed E-state index contributed by atoms with van der Waals surface area (Å²) in [4.78, 5) is 29.7. The van der Waals surface area contributed by atoms with Gasteiger partial charge >= 0.3 is 0 Å². The van der Waals surface area contributed by atoms with Crippen molar-refractivity contribution in [1.82, 2.24) is 0 Å². The summed E-state index contributed by atoms with van der Waals surface area (Å²) in [5.74, 6) is -0.426. The maximum absolute atomic E-state index is 13.7. The van der Waals surface area contributed by atoms with Gasteiger partial charge in [-0.3, -0.25) is 14.5 Å². The van der Waals surface area contributed by atoms with Crippen molar-refractivity contribution in [3.05, 3.63) is 96.1 Å². The Labute approximate surface area is 209 Å². The smallest absolute Gasteiger partial charge is 0.269 e. The van der Waals surface area contributed by atoms with E-state index in [0.29, 0.717) is 34.8 Å². The largest absolute Gasteiger partial charge is 0.482 e. The van der Waals surface area contributed by atoms with Crippen molar-refractivity contribution in [2.24, 2.45) is 5.92 Å². The Kier molecular flexibility index (Phi) is 6.35. The minimum absolute atomic E-state index is 0.00473. The standard InChI is InChI=1S/C29H28N2O5/c1-20(9-6-7-16-32)29(35)23-12-2-3-13-24(23)30(28(29)34)18-21-10-8-11-22(17-21)31-25-14-4-5-15-26(25)36-19-27(31)33/h2-6,8-15,17,20,32,35H,7,16,18-19H2,1H3/b9-6+/t20-,29+/m0/s1. The van der Waals surface area contributed by atoms with Crippen molar-refractivity contribution in [1.29, 1.82) is 0 Å². The molecule has 2 heterocycles. The molecule has 0 aromatic heterocycles. The van der Waals surface area contributed by atoms with Crippen molar-refractivity contribution in [2.75, 3.05) is 23.0 Å². The molecule has 0 spiro atoms. The zero-order valence-electron chi connectivity index (χ0n) is 20.0. The Morgan fingerprint density at radius 3 is 2.58 bits per heavy atom. The van der Waals surface area contributed by atoms with Gasteiger partial charge < -0.3 is 19.8 Å². The Morgan fingerprint density at radius 2 is 1.78 bits per heavy atom. The number of nitrogens with zero attached hydrogens (tertiary/aromatic N) is 2. The van der Waals surface area contributed by atoms with Crippen LogP contribution >= 0.6 is 0 Å². The van der Waals surface area contributed by atoms with Gasteiger partial charge in [-0.05, 0) is 42.3 Å². The summed E-state index contributed by atoms with van der Waals surface area (Å²) in [6.45, 7) is 1.99. The Hall–Kier alpha value is -3.94. The van der Waals surface area contributed by atoms with Crippen LogP contribution in [0.3, 0.4) is 0 Å². The Morgan fingerprint density at radius 1 is 1.03 bits per heavy atom. The van der Waals surface area contributed by atoms with Gasteiger partial charge in [-0.2, -0.15) is 0 Å². The quantitative estimate of drug-likeness (QED) is 0.494. The van der Waals surface area contributed by atoms with E-state index < -0.39 is 17.4 Å². The highest BCUT2D eigenvalue weighted by atomic mass is 16.5. The molecule has 0 radical (unpaired) electrons. The molecule has 0 unspecified atom stereocenters. The van der Waals surface area contributed by atoms with E-state index in [1.807, 2.05) is 66.7 Å². The van der Waals surface area contributed by atoms with Crippen LogP contribution in [0.15, 0.2) is 84.9 Å². The average molecular weight is 485 g/mol. The van der Waals surface area contributed by atoms with Gasteiger partial charge in [0.05, 0.1) is 17.9 Å². The van der Waals surface area contributed by atoms with Gasteiger partial charge in [0.15, 0.2) is 12.2 Å². The molecular formula is C29H28N2O5. The number of fused-ring (bicyclic) bond motifs is 2. The predicted octanol–water partition coefficient (Wildman–Crippen LogP) is 4.05. The third kappa shape index (κ3) is 3.96. The zero-order chi connectivity index (χ0) is 25.3. The summed E-state index contributed by atoms with van der Waals surface area (Å²) < 4.78 is 5.57. The van der Waals surface area contributed by atoms with Crippen molar-refractivity contribution in [3.63, 3.8) is 0 Å². The van der Waals surface area contributed by atoms with Gasteiger partial charge in [0, 0.05) is 23.8 Å². The maximum Gasteiger partial charge on any atom is 0.269 e. The second-order valence-corrected chi connectivity index (χ2v) is 9.06. The van der Waals surface area contributed by atoms with Gasteiger partial charge in [-0.25, -0.2) is 0 Å². The van der Waals surface area contributed by atoms with Crippen LogP contribution in [0.25, 0.3) is 0 Å². The minimum Gasteiger partial charge on any atom is -0.482 e. The number of aliphatic hydroxyl groups is 2. The minimum atomic E-state index is -1.71. The highest BCUT2D eigenvalue weighted by molar-refractivity contribution is 6.07. The molecule has 3 aromatic rings. The number of rotatable bonds is 7. The summed E-state index contributed by atoms with van der Waals surface area (Å²) >= 11 is 0. The van der Waals surface area contributed by atoms with Gasteiger partial charge in [-0.15, -0.1) is 0 Å². The number of hydrogen-bond acceptors (Lipinski definition) is 5. The number of para-hydroxylation sites is 3. The lowest BCUT2D eigenvalue weighted by Gasteiger charge is -2.30. The van der Waals surface area contributed by atoms with E-state index in [4.69, 9.17) is 9.84 Å². The first-order valence-corrected chi connectivity index (χ1v) is 12.0. The van der Waals surface area contributed by atoms with Crippen LogP contribution in [0.2, 0.25) is 0 Å². The monoisotopic (exact) mass is 484 g/mol. The van der Waals surface area contributed by atoms with Crippen LogP contribution in [0.5, 0.6) is 5.75 Å². The molecule has 36 heavy (non-hydrogen) atoms. The first-order valence-electron chi connectivity index (χ1n) is 12.0. The number of carbonyl (C=O) groups excluding carboxylic acids is 2. The lowest BCUT2D eigenvalue weighted by Crippen LogP contribution is -2.44. The lowest BCUT2D eigenvalue weighted by atomic mass is 9.83. The van der Waals surface area contributed by atoms with Crippen LogP contribution in [0.4, 0.5) is 17.1 Å². The average Bonchev–Trinajstić information content (AvgIpc) is 3.11. The Bertz CT molecular complexity index is 1340. The highest BCUT2D eigenvalue weighted by Gasteiger charge is 2.52. The van der Waals surface area contributed by atoms with Crippen molar-refractivity contribution in [3.8, 4) is 5.75 Å². The SMILES string of the molecule is C[C@@H](/C=C/CCO)[C@]1(O)C(=O)N(Cc2cccc(N3C(=O)COc4ccccc43)c2)c2ccccc21. The number of amides is 2. The molecule has 184 valence electrons. The number of carbonyl (C=O) groups is 2. The molecule has 3 aromatic carbocycles. The van der Waals surface area contributed by atoms with Gasteiger partial charge in [0.25, 0.3) is 11.8 Å². The number of hydrogen-bond donors (Lipinski definition) is 2. The first-order chi connectivity index (χ1) is 17.4. The molecule has 2 amide bonds. The second kappa shape index (κ2) is 9.60. The number of aliphatic hydroxyl groups excluding tert-OH is 1. The number of anilines is 3. The van der Waals surface area contributed by atoms with E-state index in [0.717, 1.165) is 5.56 Å². The molecule has 0 fully saturated rings. The van der Waals surface area contributed by atoms with E-state index in [-0.39, 0.29) is 25.7 Å². The van der Waals surface area contributed by atoms with E-state index in [9.17, 15) is 14.7 Å². The van der Waals surface area contributed by atoms with Crippen molar-refractivity contribution in [2.45, 2.75) is 25.5 Å². The molecule has 0 aliphatic carbocycles. The van der Waals surface area contributed by atoms with Crippen molar-refractivity contribution < 1.29 is 24.5 Å². The molecule has 0 saturated heterocycles. The molecule has 0 bridgehead atoms. The van der Waals surface area contributed by atoms with E-state index in [1.165, 1.54) is 0 Å². The first kappa shape index (κ1) is 23.8. The molecule has 7 heteroatoms. The summed E-state index contributed by atoms with van der Waals surface area (Å²) in [5, 5.41) is 20.8. The molecule has 7 nitrogen and oxygen atoms in total. The molecule has 2 aliphatic heterocycles. The van der Waals surface area contributed by atoms with E-state index in [2.05, 4.69) is 0 Å². The normalized spacial score (nSPS) is 19.9. The summed E-state index contributed by atoms with van der Waals surface area (Å²) in [6, 6.07) is 22.2. The lowest BCUT2D eigenvalue weighted by molar-refractivity contribution is -0.139. The third-order valence-electron chi connectivity index (χ3n) is 6.77. The summed E-state index contributed by atoms with van der Waals surface area (Å²) in [7, 11) is 0. The topological polar surface area (TPSA) is 90.3 Å². The number of benzene rings is 3. The fourth-order valence-corrected chi connectivity index (χ4v) is 4.93. The third-order valence-corrected chi connectivity index (χ3v) is 6.77. The molecule has 2 atom stereocenters. The molecule has 2 aliphatic rings. The summed E-state index contributed by atoms with van der Waals surface area (Å²) in [5.41, 5.74) is 1.68. The predicted molar refractivity (Wildman–Crippen MR) is 137 cm³/mol. The fourth-order valence-electron chi connectivity index (χ4n) is 4.93. The maximum atomic E-state index is 13.7. The zero-order valence-corrected chi connectivity index (χ0v) is 20.0. The summed E-state index contributed by atoms with van der Waals surface area (Å²) in [6.07, 6.45) is 4.01. The molecular weight excluding hydrogens is 456 g/mol. The molecule has 5 rings (SSSR count).